The van der Waals surface area contributed by atoms with Gasteiger partial charge in [0.1, 0.15) is 6.61 Å². The molecule has 0 saturated carbocycles. The Morgan fingerprint density at radius 3 is 2.95 bits per heavy atom. The molecule has 0 amide bonds. The molecule has 1 atom stereocenters. The quantitative estimate of drug-likeness (QED) is 0.645. The molecule has 1 aromatic rings. The maximum absolute atomic E-state index is 10.9. The smallest absolute Gasteiger partial charge is 0.335 e. The van der Waals surface area contributed by atoms with E-state index < -0.39 is 10.9 Å². The minimum absolute atomic E-state index is 0.0567. The van der Waals surface area contributed by atoms with Gasteiger partial charge in [-0.3, -0.25) is 10.1 Å². The molecule has 7 nitrogen and oxygen atoms in total. The summed E-state index contributed by atoms with van der Waals surface area (Å²) in [6.07, 6.45) is 1.76. The van der Waals surface area contributed by atoms with Gasteiger partial charge in [0.25, 0.3) is 0 Å². The fourth-order valence-electron chi connectivity index (χ4n) is 1.87. The summed E-state index contributed by atoms with van der Waals surface area (Å²) in [5.74, 6) is -1.15. The minimum Gasteiger partial charge on any atom is -0.484 e. The van der Waals surface area contributed by atoms with E-state index in [0.29, 0.717) is 6.61 Å². The van der Waals surface area contributed by atoms with Gasteiger partial charge in [0.05, 0.1) is 16.6 Å². The SMILES string of the molecule is O=C(O)c1ccc(OCC2CCCO2)c([N+](=O)[O-])c1. The Morgan fingerprint density at radius 2 is 2.37 bits per heavy atom. The zero-order chi connectivity index (χ0) is 13.8. The molecule has 0 aromatic heterocycles. The number of benzene rings is 1. The number of carboxylic acids is 1. The lowest BCUT2D eigenvalue weighted by Crippen LogP contribution is -2.16. The second kappa shape index (κ2) is 5.66. The first-order valence-electron chi connectivity index (χ1n) is 5.84. The molecule has 0 aliphatic carbocycles. The topological polar surface area (TPSA) is 98.9 Å². The zero-order valence-corrected chi connectivity index (χ0v) is 10.1. The van der Waals surface area contributed by atoms with Gasteiger partial charge in [0.15, 0.2) is 5.75 Å². The number of nitrogens with zero attached hydrogens (tertiary/aromatic N) is 1. The number of hydrogen-bond donors (Lipinski definition) is 1. The van der Waals surface area contributed by atoms with Gasteiger partial charge in [-0.05, 0) is 25.0 Å². The fourth-order valence-corrected chi connectivity index (χ4v) is 1.87. The van der Waals surface area contributed by atoms with Gasteiger partial charge in [-0.25, -0.2) is 4.79 Å². The van der Waals surface area contributed by atoms with E-state index in [1.54, 1.807) is 0 Å². The van der Waals surface area contributed by atoms with Crippen molar-refractivity contribution >= 4 is 11.7 Å². The predicted octanol–water partition coefficient (Wildman–Crippen LogP) is 1.85. The van der Waals surface area contributed by atoms with Crippen LogP contribution in [0, 0.1) is 10.1 Å². The van der Waals surface area contributed by atoms with E-state index in [1.807, 2.05) is 0 Å². The average molecular weight is 267 g/mol. The molecular formula is C12H13NO6. The van der Waals surface area contributed by atoms with Crippen molar-refractivity contribution in [3.63, 3.8) is 0 Å². The number of nitro benzene ring substituents is 1. The van der Waals surface area contributed by atoms with Crippen LogP contribution in [-0.4, -0.2) is 35.3 Å². The highest BCUT2D eigenvalue weighted by atomic mass is 16.6. The largest absolute Gasteiger partial charge is 0.484 e. The van der Waals surface area contributed by atoms with Crippen LogP contribution in [0.1, 0.15) is 23.2 Å². The van der Waals surface area contributed by atoms with Crippen molar-refractivity contribution in [2.75, 3.05) is 13.2 Å². The lowest BCUT2D eigenvalue weighted by Gasteiger charge is -2.11. The predicted molar refractivity (Wildman–Crippen MR) is 64.5 cm³/mol. The summed E-state index contributed by atoms with van der Waals surface area (Å²) in [6.45, 7) is 0.904. The van der Waals surface area contributed by atoms with Crippen LogP contribution in [0.2, 0.25) is 0 Å². The van der Waals surface area contributed by atoms with Crippen molar-refractivity contribution in [3.8, 4) is 5.75 Å². The van der Waals surface area contributed by atoms with Gasteiger partial charge in [-0.15, -0.1) is 0 Å². The molecule has 2 rings (SSSR count). The number of ether oxygens (including phenoxy) is 2. The Kier molecular flexibility index (Phi) is 3.96. The molecule has 1 saturated heterocycles. The molecule has 7 heteroatoms. The third kappa shape index (κ3) is 3.19. The molecule has 1 N–H and O–H groups in total. The number of carboxylic acid groups (broad SMARTS) is 1. The molecule has 0 bridgehead atoms. The highest BCUT2D eigenvalue weighted by molar-refractivity contribution is 5.88. The van der Waals surface area contributed by atoms with Gasteiger partial charge in [-0.1, -0.05) is 0 Å². The maximum Gasteiger partial charge on any atom is 0.335 e. The summed E-state index contributed by atoms with van der Waals surface area (Å²) in [5, 5.41) is 19.7. The summed E-state index contributed by atoms with van der Waals surface area (Å²) in [5.41, 5.74) is -0.492. The van der Waals surface area contributed by atoms with E-state index >= 15 is 0 Å². The third-order valence-corrected chi connectivity index (χ3v) is 2.85. The minimum atomic E-state index is -1.21. The Hall–Kier alpha value is -2.15. The normalized spacial score (nSPS) is 18.2. The molecule has 102 valence electrons. The summed E-state index contributed by atoms with van der Waals surface area (Å²) >= 11 is 0. The van der Waals surface area contributed by atoms with Crippen LogP contribution in [-0.2, 0) is 4.74 Å². The van der Waals surface area contributed by atoms with E-state index in [9.17, 15) is 14.9 Å². The molecule has 19 heavy (non-hydrogen) atoms. The van der Waals surface area contributed by atoms with E-state index in [0.717, 1.165) is 18.9 Å². The maximum atomic E-state index is 10.9. The van der Waals surface area contributed by atoms with Crippen molar-refractivity contribution in [2.24, 2.45) is 0 Å². The molecule has 1 aromatic carbocycles. The van der Waals surface area contributed by atoms with Crippen LogP contribution in [0.4, 0.5) is 5.69 Å². The van der Waals surface area contributed by atoms with Gasteiger partial charge < -0.3 is 14.6 Å². The lowest BCUT2D eigenvalue weighted by molar-refractivity contribution is -0.386. The van der Waals surface area contributed by atoms with Crippen LogP contribution in [0.25, 0.3) is 0 Å². The Bertz CT molecular complexity index is 495. The van der Waals surface area contributed by atoms with E-state index in [2.05, 4.69) is 0 Å². The number of rotatable bonds is 5. The van der Waals surface area contributed by atoms with Crippen LogP contribution in [0.5, 0.6) is 5.75 Å². The molecule has 0 spiro atoms. The first-order chi connectivity index (χ1) is 9.08. The Balaban J connectivity index is 2.14. The first-order valence-corrected chi connectivity index (χ1v) is 5.84. The first kappa shape index (κ1) is 13.3. The summed E-state index contributed by atoms with van der Waals surface area (Å²) in [4.78, 5) is 21.0. The van der Waals surface area contributed by atoms with E-state index in [-0.39, 0.29) is 29.7 Å². The van der Waals surface area contributed by atoms with Gasteiger partial charge >= 0.3 is 11.7 Å². The third-order valence-electron chi connectivity index (χ3n) is 2.85. The van der Waals surface area contributed by atoms with Crippen molar-refractivity contribution in [2.45, 2.75) is 18.9 Å². The summed E-state index contributed by atoms with van der Waals surface area (Å²) in [6, 6.07) is 3.57. The van der Waals surface area contributed by atoms with E-state index in [4.69, 9.17) is 14.6 Å². The van der Waals surface area contributed by atoms with Crippen molar-refractivity contribution < 1.29 is 24.3 Å². The van der Waals surface area contributed by atoms with Gasteiger partial charge in [-0.2, -0.15) is 0 Å². The average Bonchev–Trinajstić information content (AvgIpc) is 2.89. The van der Waals surface area contributed by atoms with Crippen LogP contribution in [0.3, 0.4) is 0 Å². The standard InChI is InChI=1S/C12H13NO6/c14-12(15)8-3-4-11(10(6-8)13(16)17)19-7-9-2-1-5-18-9/h3-4,6,9H,1-2,5,7H2,(H,14,15). The van der Waals surface area contributed by atoms with Crippen molar-refractivity contribution in [1.82, 2.24) is 0 Å². The Labute approximate surface area is 108 Å². The monoisotopic (exact) mass is 267 g/mol. The second-order valence-corrected chi connectivity index (χ2v) is 4.19. The Morgan fingerprint density at radius 1 is 1.58 bits per heavy atom. The number of carbonyl (C=O) groups is 1. The van der Waals surface area contributed by atoms with Crippen molar-refractivity contribution in [1.29, 1.82) is 0 Å². The molecule has 1 heterocycles. The summed E-state index contributed by atoms with van der Waals surface area (Å²) in [7, 11) is 0. The zero-order valence-electron chi connectivity index (χ0n) is 10.1. The highest BCUT2D eigenvalue weighted by Crippen LogP contribution is 2.28. The molecular weight excluding hydrogens is 254 g/mol. The number of hydrogen-bond acceptors (Lipinski definition) is 5. The highest BCUT2D eigenvalue weighted by Gasteiger charge is 2.21. The molecule has 1 unspecified atom stereocenters. The van der Waals surface area contributed by atoms with Crippen LogP contribution >= 0.6 is 0 Å². The number of aromatic carboxylic acids is 1. The summed E-state index contributed by atoms with van der Waals surface area (Å²) < 4.78 is 10.7. The fraction of sp³-hybridized carbons (Fsp3) is 0.417. The molecule has 0 radical (unpaired) electrons. The van der Waals surface area contributed by atoms with Crippen LogP contribution in [0.15, 0.2) is 18.2 Å². The van der Waals surface area contributed by atoms with E-state index in [1.165, 1.54) is 12.1 Å². The van der Waals surface area contributed by atoms with Crippen molar-refractivity contribution in [3.05, 3.63) is 33.9 Å². The lowest BCUT2D eigenvalue weighted by atomic mass is 10.2. The van der Waals surface area contributed by atoms with Gasteiger partial charge in [0, 0.05) is 12.7 Å². The molecule has 1 aliphatic rings. The molecule has 1 aliphatic heterocycles. The second-order valence-electron chi connectivity index (χ2n) is 4.19. The molecule has 1 fully saturated rings. The van der Waals surface area contributed by atoms with Crippen LogP contribution < -0.4 is 4.74 Å². The number of nitro groups is 1. The van der Waals surface area contributed by atoms with Gasteiger partial charge in [0.2, 0.25) is 0 Å².